The third kappa shape index (κ3) is 3.88. The summed E-state index contributed by atoms with van der Waals surface area (Å²) in [7, 11) is 1.74. The van der Waals surface area contributed by atoms with Gasteiger partial charge in [-0.1, -0.05) is 13.3 Å². The van der Waals surface area contributed by atoms with E-state index in [1.165, 1.54) is 0 Å². The van der Waals surface area contributed by atoms with Gasteiger partial charge >= 0.3 is 0 Å². The van der Waals surface area contributed by atoms with Gasteiger partial charge in [-0.2, -0.15) is 5.10 Å². The molecule has 1 amide bonds. The summed E-state index contributed by atoms with van der Waals surface area (Å²) in [6.07, 6.45) is 4.30. The summed E-state index contributed by atoms with van der Waals surface area (Å²) in [6, 6.07) is 5.23. The second-order valence-electron chi connectivity index (χ2n) is 4.90. The smallest absolute Gasteiger partial charge is 0.269 e. The first kappa shape index (κ1) is 15.2. The maximum absolute atomic E-state index is 12.1. The number of aliphatic hydroxyl groups is 1. The van der Waals surface area contributed by atoms with E-state index in [1.807, 2.05) is 0 Å². The number of pyridine rings is 1. The molecule has 0 spiro atoms. The third-order valence-electron chi connectivity index (χ3n) is 3.22. The number of carbonyl (C=O) groups excluding carboxylic acids is 1. The van der Waals surface area contributed by atoms with E-state index in [0.717, 1.165) is 24.1 Å². The second-order valence-corrected chi connectivity index (χ2v) is 4.90. The van der Waals surface area contributed by atoms with Gasteiger partial charge in [0.2, 0.25) is 0 Å². The Hall–Kier alpha value is -2.21. The van der Waals surface area contributed by atoms with Crippen molar-refractivity contribution in [1.29, 1.82) is 0 Å². The molecule has 6 nitrogen and oxygen atoms in total. The summed E-state index contributed by atoms with van der Waals surface area (Å²) in [4.78, 5) is 16.0. The molecule has 21 heavy (non-hydrogen) atoms. The van der Waals surface area contributed by atoms with E-state index >= 15 is 0 Å². The summed E-state index contributed by atoms with van der Waals surface area (Å²) in [5.41, 5.74) is 2.13. The van der Waals surface area contributed by atoms with Crippen molar-refractivity contribution in [3.63, 3.8) is 0 Å². The average molecular weight is 288 g/mol. The number of amides is 1. The van der Waals surface area contributed by atoms with Crippen LogP contribution in [0, 0.1) is 0 Å². The minimum Gasteiger partial charge on any atom is -0.387 e. The summed E-state index contributed by atoms with van der Waals surface area (Å²) in [5, 5.41) is 17.0. The number of carbonyl (C=O) groups is 1. The number of hydrogen-bond acceptors (Lipinski definition) is 4. The Bertz CT molecular complexity index is 595. The van der Waals surface area contributed by atoms with Crippen molar-refractivity contribution in [3.05, 3.63) is 47.5 Å². The molecule has 2 rings (SSSR count). The number of nitrogens with zero attached hydrogens (tertiary/aromatic N) is 3. The number of aromatic nitrogens is 3. The van der Waals surface area contributed by atoms with E-state index in [4.69, 9.17) is 0 Å². The first-order valence-corrected chi connectivity index (χ1v) is 7.01. The summed E-state index contributed by atoms with van der Waals surface area (Å²) in [6.45, 7) is 2.22. The fourth-order valence-corrected chi connectivity index (χ4v) is 2.10. The highest BCUT2D eigenvalue weighted by Gasteiger charge is 2.15. The zero-order valence-electron chi connectivity index (χ0n) is 12.3. The van der Waals surface area contributed by atoms with Crippen molar-refractivity contribution in [2.45, 2.75) is 25.9 Å². The summed E-state index contributed by atoms with van der Waals surface area (Å²) < 4.78 is 1.57. The molecular formula is C15H20N4O2. The number of aliphatic hydroxyl groups excluding tert-OH is 1. The van der Waals surface area contributed by atoms with E-state index in [0.29, 0.717) is 5.69 Å². The molecule has 0 aliphatic carbocycles. The molecule has 0 radical (unpaired) electrons. The van der Waals surface area contributed by atoms with Crippen molar-refractivity contribution in [2.24, 2.45) is 7.05 Å². The quantitative estimate of drug-likeness (QED) is 0.838. The molecular weight excluding hydrogens is 268 g/mol. The molecule has 1 atom stereocenters. The van der Waals surface area contributed by atoms with Gasteiger partial charge in [-0.3, -0.25) is 14.5 Å². The molecule has 2 aromatic heterocycles. The SMILES string of the molecule is CCCc1cc(C(=O)NC[C@@H](O)c2ccncc2)n(C)n1. The Kier molecular flexibility index (Phi) is 5.05. The van der Waals surface area contributed by atoms with Crippen LogP contribution >= 0.6 is 0 Å². The van der Waals surface area contributed by atoms with Gasteiger partial charge in [0.05, 0.1) is 11.8 Å². The Labute approximate surface area is 123 Å². The molecule has 0 aliphatic heterocycles. The first-order valence-electron chi connectivity index (χ1n) is 7.01. The van der Waals surface area contributed by atoms with Crippen molar-refractivity contribution in [2.75, 3.05) is 6.54 Å². The lowest BCUT2D eigenvalue weighted by Crippen LogP contribution is -2.29. The van der Waals surface area contributed by atoms with Crippen LogP contribution in [-0.4, -0.2) is 32.3 Å². The van der Waals surface area contributed by atoms with E-state index < -0.39 is 6.10 Å². The molecule has 2 aromatic rings. The zero-order chi connectivity index (χ0) is 15.2. The molecule has 0 aromatic carbocycles. The lowest BCUT2D eigenvalue weighted by atomic mass is 10.1. The first-order chi connectivity index (χ1) is 10.1. The molecule has 2 heterocycles. The van der Waals surface area contributed by atoms with Gasteiger partial charge in [0, 0.05) is 26.0 Å². The number of hydrogen-bond donors (Lipinski definition) is 2. The zero-order valence-corrected chi connectivity index (χ0v) is 12.3. The lowest BCUT2D eigenvalue weighted by molar-refractivity contribution is 0.0907. The maximum atomic E-state index is 12.1. The maximum Gasteiger partial charge on any atom is 0.269 e. The van der Waals surface area contributed by atoms with Gasteiger partial charge in [-0.15, -0.1) is 0 Å². The summed E-state index contributed by atoms with van der Waals surface area (Å²) >= 11 is 0. The van der Waals surface area contributed by atoms with E-state index in [9.17, 15) is 9.90 Å². The van der Waals surface area contributed by atoms with Crippen LogP contribution in [-0.2, 0) is 13.5 Å². The molecule has 0 fully saturated rings. The number of aryl methyl sites for hydroxylation is 2. The normalized spacial score (nSPS) is 12.1. The van der Waals surface area contributed by atoms with Crippen LogP contribution in [0.2, 0.25) is 0 Å². The molecule has 0 aliphatic rings. The van der Waals surface area contributed by atoms with E-state index in [-0.39, 0.29) is 12.5 Å². The molecule has 2 N–H and O–H groups in total. The molecule has 112 valence electrons. The van der Waals surface area contributed by atoms with Crippen molar-refractivity contribution < 1.29 is 9.90 Å². The highest BCUT2D eigenvalue weighted by molar-refractivity contribution is 5.92. The monoisotopic (exact) mass is 288 g/mol. The van der Waals surface area contributed by atoms with Crippen LogP contribution in [0.1, 0.15) is 41.2 Å². The molecule has 6 heteroatoms. The van der Waals surface area contributed by atoms with Crippen LogP contribution in [0.3, 0.4) is 0 Å². The van der Waals surface area contributed by atoms with Gasteiger partial charge in [-0.05, 0) is 30.2 Å². The average Bonchev–Trinajstić information content (AvgIpc) is 2.86. The van der Waals surface area contributed by atoms with Crippen LogP contribution in [0.5, 0.6) is 0 Å². The van der Waals surface area contributed by atoms with Gasteiger partial charge in [0.25, 0.3) is 5.91 Å². The van der Waals surface area contributed by atoms with E-state index in [2.05, 4.69) is 22.3 Å². The van der Waals surface area contributed by atoms with Crippen molar-refractivity contribution >= 4 is 5.91 Å². The largest absolute Gasteiger partial charge is 0.387 e. The minimum absolute atomic E-state index is 0.150. The Morgan fingerprint density at radius 2 is 2.14 bits per heavy atom. The molecule has 0 bridgehead atoms. The Balaban J connectivity index is 1.95. The Morgan fingerprint density at radius 3 is 2.81 bits per heavy atom. The van der Waals surface area contributed by atoms with E-state index in [1.54, 1.807) is 42.3 Å². The van der Waals surface area contributed by atoms with Gasteiger partial charge in [-0.25, -0.2) is 0 Å². The minimum atomic E-state index is -0.750. The summed E-state index contributed by atoms with van der Waals surface area (Å²) in [5.74, 6) is -0.236. The third-order valence-corrected chi connectivity index (χ3v) is 3.22. The van der Waals surface area contributed by atoms with Crippen molar-refractivity contribution in [3.8, 4) is 0 Å². The second kappa shape index (κ2) is 6.99. The highest BCUT2D eigenvalue weighted by Crippen LogP contribution is 2.10. The fourth-order valence-electron chi connectivity index (χ4n) is 2.10. The van der Waals surface area contributed by atoms with Gasteiger partial charge < -0.3 is 10.4 Å². The molecule has 0 saturated carbocycles. The van der Waals surface area contributed by atoms with Gasteiger partial charge in [0.15, 0.2) is 0 Å². The van der Waals surface area contributed by atoms with Crippen molar-refractivity contribution in [1.82, 2.24) is 20.1 Å². The standard InChI is InChI=1S/C15H20N4O2/c1-3-4-12-9-13(19(2)18-12)15(21)17-10-14(20)11-5-7-16-8-6-11/h5-9,14,20H,3-4,10H2,1-2H3,(H,17,21)/t14-/m1/s1. The van der Waals surface area contributed by atoms with Crippen LogP contribution in [0.15, 0.2) is 30.6 Å². The molecule has 0 saturated heterocycles. The highest BCUT2D eigenvalue weighted by atomic mass is 16.3. The van der Waals surface area contributed by atoms with Crippen LogP contribution in [0.4, 0.5) is 0 Å². The predicted molar refractivity (Wildman–Crippen MR) is 78.7 cm³/mol. The molecule has 0 unspecified atom stereocenters. The fraction of sp³-hybridized carbons (Fsp3) is 0.400. The van der Waals surface area contributed by atoms with Crippen LogP contribution < -0.4 is 5.32 Å². The number of nitrogens with one attached hydrogen (secondary N) is 1. The lowest BCUT2D eigenvalue weighted by Gasteiger charge is -2.11. The topological polar surface area (TPSA) is 80.0 Å². The predicted octanol–water partition coefficient (Wildman–Crippen LogP) is 1.23. The Morgan fingerprint density at radius 1 is 1.43 bits per heavy atom. The van der Waals surface area contributed by atoms with Gasteiger partial charge in [0.1, 0.15) is 5.69 Å². The van der Waals surface area contributed by atoms with Crippen LogP contribution in [0.25, 0.3) is 0 Å². The number of rotatable bonds is 6.